The van der Waals surface area contributed by atoms with E-state index in [1.165, 1.54) is 0 Å². The van der Waals surface area contributed by atoms with Gasteiger partial charge in [0.25, 0.3) is 11.8 Å². The summed E-state index contributed by atoms with van der Waals surface area (Å²) in [4.78, 5) is 30.0. The summed E-state index contributed by atoms with van der Waals surface area (Å²) in [6.07, 6.45) is 0. The summed E-state index contributed by atoms with van der Waals surface area (Å²) in [7, 11) is 3.13. The minimum absolute atomic E-state index is 0.0525. The van der Waals surface area contributed by atoms with Crippen molar-refractivity contribution in [3.8, 4) is 17.2 Å². The summed E-state index contributed by atoms with van der Waals surface area (Å²) in [6, 6.07) is 19.8. The molecule has 0 atom stereocenters. The summed E-state index contributed by atoms with van der Waals surface area (Å²) in [5, 5.41) is 3.52. The van der Waals surface area contributed by atoms with Gasteiger partial charge in [-0.1, -0.05) is 11.6 Å². The molecular weight excluding hydrogens is 506 g/mol. The average molecular weight is 538 g/mol. The zero-order valence-corrected chi connectivity index (χ0v) is 22.7. The van der Waals surface area contributed by atoms with E-state index in [4.69, 9.17) is 25.8 Å². The predicted molar refractivity (Wildman–Crippen MR) is 149 cm³/mol. The molecular formula is C29H32ClN3O5. The molecule has 0 unspecified atom stereocenters. The van der Waals surface area contributed by atoms with Crippen LogP contribution in [0.5, 0.6) is 17.2 Å². The van der Waals surface area contributed by atoms with Crippen LogP contribution in [0.2, 0.25) is 5.02 Å². The van der Waals surface area contributed by atoms with Crippen molar-refractivity contribution in [1.82, 2.24) is 4.90 Å². The van der Waals surface area contributed by atoms with Crippen LogP contribution in [0.4, 0.5) is 11.4 Å². The minimum atomic E-state index is -1.08. The Morgan fingerprint density at radius 3 is 1.95 bits per heavy atom. The van der Waals surface area contributed by atoms with E-state index in [-0.39, 0.29) is 11.8 Å². The highest BCUT2D eigenvalue weighted by molar-refractivity contribution is 6.30. The van der Waals surface area contributed by atoms with Crippen LogP contribution in [0.1, 0.15) is 24.2 Å². The van der Waals surface area contributed by atoms with Crippen molar-refractivity contribution in [3.63, 3.8) is 0 Å². The molecule has 1 saturated heterocycles. The van der Waals surface area contributed by atoms with Crippen LogP contribution in [-0.4, -0.2) is 62.7 Å². The van der Waals surface area contributed by atoms with Crippen molar-refractivity contribution in [2.75, 3.05) is 50.6 Å². The number of nitrogens with one attached hydrogen (secondary N) is 1. The second-order valence-corrected chi connectivity index (χ2v) is 9.88. The van der Waals surface area contributed by atoms with Crippen LogP contribution in [0.25, 0.3) is 0 Å². The van der Waals surface area contributed by atoms with Gasteiger partial charge < -0.3 is 29.3 Å². The van der Waals surface area contributed by atoms with E-state index in [0.717, 1.165) is 5.69 Å². The molecule has 1 aliphatic heterocycles. The summed E-state index contributed by atoms with van der Waals surface area (Å²) < 4.78 is 16.5. The quantitative estimate of drug-likeness (QED) is 0.430. The third-order valence-electron chi connectivity index (χ3n) is 6.39. The van der Waals surface area contributed by atoms with Gasteiger partial charge in [-0.2, -0.15) is 0 Å². The standard InChI is InChI=1S/C29H32ClN3O5/c1-29(2,38-24-11-5-21(30)6-12-24)28(35)31-22-7-9-23(10-8-22)32-13-15-33(16-14-32)27(34)20-17-25(36-3)19-26(18-20)37-4/h5-12,17-19H,13-16H2,1-4H3,(H,31,35). The molecule has 0 spiro atoms. The predicted octanol–water partition coefficient (Wildman–Crippen LogP) is 5.12. The smallest absolute Gasteiger partial charge is 0.267 e. The zero-order valence-electron chi connectivity index (χ0n) is 22.0. The number of hydrogen-bond acceptors (Lipinski definition) is 6. The lowest BCUT2D eigenvalue weighted by Gasteiger charge is -2.36. The fraction of sp³-hybridized carbons (Fsp3) is 0.310. The van der Waals surface area contributed by atoms with Crippen molar-refractivity contribution >= 4 is 34.8 Å². The number of carbonyl (C=O) groups excluding carboxylic acids is 2. The van der Waals surface area contributed by atoms with E-state index < -0.39 is 5.60 Å². The van der Waals surface area contributed by atoms with Crippen LogP contribution in [0.15, 0.2) is 66.7 Å². The Morgan fingerprint density at radius 2 is 1.39 bits per heavy atom. The van der Waals surface area contributed by atoms with Crippen molar-refractivity contribution in [2.24, 2.45) is 0 Å². The van der Waals surface area contributed by atoms with Gasteiger partial charge in [-0.15, -0.1) is 0 Å². The first-order valence-corrected chi connectivity index (χ1v) is 12.7. The number of ether oxygens (including phenoxy) is 3. The molecule has 8 nitrogen and oxygen atoms in total. The number of anilines is 2. The zero-order chi connectivity index (χ0) is 27.3. The molecule has 2 amide bonds. The van der Waals surface area contributed by atoms with Crippen LogP contribution in [0.3, 0.4) is 0 Å². The molecule has 0 saturated carbocycles. The Kier molecular flexibility index (Phi) is 8.32. The number of hydrogen-bond donors (Lipinski definition) is 1. The SMILES string of the molecule is COc1cc(OC)cc(C(=O)N2CCN(c3ccc(NC(=O)C(C)(C)Oc4ccc(Cl)cc4)cc3)CC2)c1. The Morgan fingerprint density at radius 1 is 0.816 bits per heavy atom. The maximum absolute atomic E-state index is 13.1. The fourth-order valence-corrected chi connectivity index (χ4v) is 4.29. The molecule has 0 radical (unpaired) electrons. The number of amides is 2. The first-order chi connectivity index (χ1) is 18.2. The van der Waals surface area contributed by atoms with Gasteiger partial charge in [-0.25, -0.2) is 0 Å². The number of nitrogens with zero attached hydrogens (tertiary/aromatic N) is 2. The molecule has 1 fully saturated rings. The average Bonchev–Trinajstić information content (AvgIpc) is 2.94. The summed E-state index contributed by atoms with van der Waals surface area (Å²) in [5.74, 6) is 1.41. The van der Waals surface area contributed by atoms with E-state index in [1.54, 1.807) is 70.5 Å². The lowest BCUT2D eigenvalue weighted by atomic mass is 10.1. The van der Waals surface area contributed by atoms with Gasteiger partial charge in [0, 0.05) is 54.2 Å². The van der Waals surface area contributed by atoms with Gasteiger partial charge in [0.05, 0.1) is 14.2 Å². The second kappa shape index (κ2) is 11.6. The molecule has 0 aliphatic carbocycles. The first-order valence-electron chi connectivity index (χ1n) is 12.3. The lowest BCUT2D eigenvalue weighted by molar-refractivity contribution is -0.128. The van der Waals surface area contributed by atoms with E-state index >= 15 is 0 Å². The Balaban J connectivity index is 1.32. The maximum atomic E-state index is 13.1. The minimum Gasteiger partial charge on any atom is -0.497 e. The van der Waals surface area contributed by atoms with Crippen LogP contribution < -0.4 is 24.4 Å². The van der Waals surface area contributed by atoms with Crippen molar-refractivity contribution in [3.05, 3.63) is 77.3 Å². The molecule has 4 rings (SSSR count). The third kappa shape index (κ3) is 6.50. The van der Waals surface area contributed by atoms with Gasteiger partial charge in [0.2, 0.25) is 0 Å². The van der Waals surface area contributed by atoms with E-state index in [1.807, 2.05) is 29.2 Å². The molecule has 1 aliphatic rings. The van der Waals surface area contributed by atoms with Crippen LogP contribution in [-0.2, 0) is 4.79 Å². The maximum Gasteiger partial charge on any atom is 0.267 e. The normalized spacial score (nSPS) is 13.6. The van der Waals surface area contributed by atoms with Crippen molar-refractivity contribution in [2.45, 2.75) is 19.4 Å². The van der Waals surface area contributed by atoms with Gasteiger partial charge in [-0.05, 0) is 74.5 Å². The van der Waals surface area contributed by atoms with E-state index in [0.29, 0.717) is 59.7 Å². The number of benzene rings is 3. The van der Waals surface area contributed by atoms with Gasteiger partial charge >= 0.3 is 0 Å². The third-order valence-corrected chi connectivity index (χ3v) is 6.64. The van der Waals surface area contributed by atoms with Crippen molar-refractivity contribution in [1.29, 1.82) is 0 Å². The van der Waals surface area contributed by atoms with E-state index in [2.05, 4.69) is 10.2 Å². The first kappa shape index (κ1) is 27.1. The molecule has 1 heterocycles. The number of halogens is 1. The topological polar surface area (TPSA) is 80.3 Å². The Labute approximate surface area is 228 Å². The Bertz CT molecular complexity index is 1250. The summed E-state index contributed by atoms with van der Waals surface area (Å²) in [6.45, 7) is 6.00. The molecule has 1 N–H and O–H groups in total. The number of methoxy groups -OCH3 is 2. The summed E-state index contributed by atoms with van der Waals surface area (Å²) in [5.41, 5.74) is 1.15. The highest BCUT2D eigenvalue weighted by Gasteiger charge is 2.30. The van der Waals surface area contributed by atoms with Gasteiger partial charge in [0.15, 0.2) is 5.60 Å². The van der Waals surface area contributed by atoms with Gasteiger partial charge in [-0.3, -0.25) is 9.59 Å². The number of carbonyl (C=O) groups is 2. The molecule has 9 heteroatoms. The molecule has 0 aromatic heterocycles. The molecule has 3 aromatic rings. The van der Waals surface area contributed by atoms with Crippen LogP contribution in [0, 0.1) is 0 Å². The second-order valence-electron chi connectivity index (χ2n) is 9.45. The molecule has 0 bridgehead atoms. The monoisotopic (exact) mass is 537 g/mol. The van der Waals surface area contributed by atoms with Gasteiger partial charge in [0.1, 0.15) is 17.2 Å². The highest BCUT2D eigenvalue weighted by Crippen LogP contribution is 2.26. The lowest BCUT2D eigenvalue weighted by Crippen LogP contribution is -2.48. The molecule has 38 heavy (non-hydrogen) atoms. The van der Waals surface area contributed by atoms with Crippen LogP contribution >= 0.6 is 11.6 Å². The number of piperazine rings is 1. The molecule has 200 valence electrons. The fourth-order valence-electron chi connectivity index (χ4n) is 4.16. The van der Waals surface area contributed by atoms with E-state index in [9.17, 15) is 9.59 Å². The number of rotatable bonds is 8. The summed E-state index contributed by atoms with van der Waals surface area (Å²) >= 11 is 5.92. The Hall–Kier alpha value is -3.91. The largest absolute Gasteiger partial charge is 0.497 e. The highest BCUT2D eigenvalue weighted by atomic mass is 35.5. The van der Waals surface area contributed by atoms with Crippen molar-refractivity contribution < 1.29 is 23.8 Å². The molecule has 3 aromatic carbocycles.